The van der Waals surface area contributed by atoms with Gasteiger partial charge in [0.15, 0.2) is 0 Å². The first-order chi connectivity index (χ1) is 6.56. The van der Waals surface area contributed by atoms with E-state index in [4.69, 9.17) is 11.5 Å². The Morgan fingerprint density at radius 2 is 2.21 bits per heavy atom. The van der Waals surface area contributed by atoms with Crippen molar-refractivity contribution in [2.45, 2.75) is 6.92 Å². The molecular weight excluding hydrogens is 182 g/mol. The Morgan fingerprint density at radius 3 is 2.71 bits per heavy atom. The van der Waals surface area contributed by atoms with Crippen LogP contribution in [-0.2, 0) is 0 Å². The number of aromatic nitrogens is 2. The minimum Gasteiger partial charge on any atom is -0.383 e. The standard InChI is InChI=1S/C8H13N5O/c1-3-13(2)7(14)5-4-11-8(10)12-6(5)9/h4H,3H2,1-2H3,(H4,9,10,11,12). The first kappa shape index (κ1) is 10.2. The Bertz CT molecular complexity index is 352. The van der Waals surface area contributed by atoms with Crippen LogP contribution < -0.4 is 11.5 Å². The van der Waals surface area contributed by atoms with Gasteiger partial charge in [-0.1, -0.05) is 0 Å². The van der Waals surface area contributed by atoms with Crippen LogP contribution in [-0.4, -0.2) is 34.4 Å². The minimum atomic E-state index is -0.204. The number of hydrogen-bond donors (Lipinski definition) is 2. The minimum absolute atomic E-state index is 0.0678. The maximum absolute atomic E-state index is 11.6. The molecule has 1 aromatic heterocycles. The van der Waals surface area contributed by atoms with Gasteiger partial charge in [0.05, 0.1) is 0 Å². The Morgan fingerprint density at radius 1 is 1.57 bits per heavy atom. The zero-order valence-corrected chi connectivity index (χ0v) is 8.19. The molecule has 0 aromatic carbocycles. The Hall–Kier alpha value is -1.85. The summed E-state index contributed by atoms with van der Waals surface area (Å²) in [5, 5.41) is 0. The predicted molar refractivity (Wildman–Crippen MR) is 53.5 cm³/mol. The summed E-state index contributed by atoms with van der Waals surface area (Å²) in [6, 6.07) is 0. The fraction of sp³-hybridized carbons (Fsp3) is 0.375. The van der Waals surface area contributed by atoms with E-state index in [2.05, 4.69) is 9.97 Å². The number of carbonyl (C=O) groups is 1. The molecule has 0 atom stereocenters. The molecule has 1 rings (SSSR count). The van der Waals surface area contributed by atoms with E-state index < -0.39 is 0 Å². The van der Waals surface area contributed by atoms with Crippen molar-refractivity contribution in [3.8, 4) is 0 Å². The average molecular weight is 195 g/mol. The van der Waals surface area contributed by atoms with Crippen molar-refractivity contribution in [1.29, 1.82) is 0 Å². The number of carbonyl (C=O) groups excluding carboxylic acids is 1. The SMILES string of the molecule is CCN(C)C(=O)c1cnc(N)nc1N. The molecule has 1 heterocycles. The predicted octanol–water partition coefficient (Wildman–Crippen LogP) is -0.267. The van der Waals surface area contributed by atoms with E-state index in [1.807, 2.05) is 6.92 Å². The Balaban J connectivity index is 3.02. The molecule has 0 unspecified atom stereocenters. The molecule has 0 spiro atoms. The van der Waals surface area contributed by atoms with E-state index in [9.17, 15) is 4.79 Å². The molecule has 0 fully saturated rings. The maximum Gasteiger partial charge on any atom is 0.258 e. The molecule has 0 aliphatic rings. The van der Waals surface area contributed by atoms with Gasteiger partial charge in [0.1, 0.15) is 11.4 Å². The van der Waals surface area contributed by atoms with Crippen molar-refractivity contribution < 1.29 is 4.79 Å². The van der Waals surface area contributed by atoms with Crippen molar-refractivity contribution in [3.63, 3.8) is 0 Å². The average Bonchev–Trinajstić information content (AvgIpc) is 2.15. The third-order valence-corrected chi connectivity index (χ3v) is 1.89. The molecule has 6 heteroatoms. The Kier molecular flexibility index (Phi) is 2.85. The van der Waals surface area contributed by atoms with Crippen LogP contribution in [0.3, 0.4) is 0 Å². The third-order valence-electron chi connectivity index (χ3n) is 1.89. The molecule has 0 saturated heterocycles. The molecule has 0 aliphatic carbocycles. The highest BCUT2D eigenvalue weighted by atomic mass is 16.2. The van der Waals surface area contributed by atoms with Crippen LogP contribution in [0.5, 0.6) is 0 Å². The van der Waals surface area contributed by atoms with E-state index in [1.54, 1.807) is 7.05 Å². The van der Waals surface area contributed by atoms with Crippen LogP contribution in [0.1, 0.15) is 17.3 Å². The van der Waals surface area contributed by atoms with E-state index in [1.165, 1.54) is 11.1 Å². The number of nitrogens with zero attached hydrogens (tertiary/aromatic N) is 3. The molecule has 14 heavy (non-hydrogen) atoms. The molecule has 1 aromatic rings. The lowest BCUT2D eigenvalue weighted by atomic mass is 10.2. The van der Waals surface area contributed by atoms with Gasteiger partial charge in [0.2, 0.25) is 5.95 Å². The van der Waals surface area contributed by atoms with Crippen LogP contribution in [0.15, 0.2) is 6.20 Å². The van der Waals surface area contributed by atoms with Crippen molar-refractivity contribution in [2.24, 2.45) is 0 Å². The molecule has 1 amide bonds. The van der Waals surface area contributed by atoms with Gasteiger partial charge in [0.25, 0.3) is 5.91 Å². The molecule has 76 valence electrons. The second-order valence-corrected chi connectivity index (χ2v) is 2.85. The molecular formula is C8H13N5O. The number of nitrogens with two attached hydrogens (primary N) is 2. The maximum atomic E-state index is 11.6. The van der Waals surface area contributed by atoms with Gasteiger partial charge in [-0.05, 0) is 6.92 Å². The molecule has 0 radical (unpaired) electrons. The monoisotopic (exact) mass is 195 g/mol. The first-order valence-corrected chi connectivity index (χ1v) is 4.19. The van der Waals surface area contributed by atoms with Gasteiger partial charge in [0, 0.05) is 19.8 Å². The summed E-state index contributed by atoms with van der Waals surface area (Å²) in [4.78, 5) is 20.6. The number of rotatable bonds is 2. The van der Waals surface area contributed by atoms with Gasteiger partial charge in [-0.3, -0.25) is 4.79 Å². The van der Waals surface area contributed by atoms with E-state index >= 15 is 0 Å². The topological polar surface area (TPSA) is 98.1 Å². The number of anilines is 2. The first-order valence-electron chi connectivity index (χ1n) is 4.19. The molecule has 6 nitrogen and oxygen atoms in total. The summed E-state index contributed by atoms with van der Waals surface area (Å²) in [5.74, 6) is -0.0222. The summed E-state index contributed by atoms with van der Waals surface area (Å²) in [6.07, 6.45) is 1.34. The molecule has 4 N–H and O–H groups in total. The van der Waals surface area contributed by atoms with Gasteiger partial charge in [-0.15, -0.1) is 0 Å². The van der Waals surface area contributed by atoms with Crippen LogP contribution in [0.4, 0.5) is 11.8 Å². The molecule has 0 saturated carbocycles. The van der Waals surface area contributed by atoms with E-state index in [0.29, 0.717) is 6.54 Å². The lowest BCUT2D eigenvalue weighted by Crippen LogP contribution is -2.27. The molecule has 0 aliphatic heterocycles. The smallest absolute Gasteiger partial charge is 0.258 e. The second-order valence-electron chi connectivity index (χ2n) is 2.85. The summed E-state index contributed by atoms with van der Waals surface area (Å²) < 4.78 is 0. The summed E-state index contributed by atoms with van der Waals surface area (Å²) >= 11 is 0. The van der Waals surface area contributed by atoms with Crippen molar-refractivity contribution in [3.05, 3.63) is 11.8 Å². The number of hydrogen-bond acceptors (Lipinski definition) is 5. The number of amides is 1. The number of nitrogen functional groups attached to an aromatic ring is 2. The summed E-state index contributed by atoms with van der Waals surface area (Å²) in [5.41, 5.74) is 11.1. The van der Waals surface area contributed by atoms with E-state index in [0.717, 1.165) is 0 Å². The second kappa shape index (κ2) is 3.91. The van der Waals surface area contributed by atoms with Crippen LogP contribution in [0, 0.1) is 0 Å². The van der Waals surface area contributed by atoms with Crippen molar-refractivity contribution in [2.75, 3.05) is 25.1 Å². The lowest BCUT2D eigenvalue weighted by molar-refractivity contribution is 0.0803. The van der Waals surface area contributed by atoms with Gasteiger partial charge >= 0.3 is 0 Å². The highest BCUT2D eigenvalue weighted by molar-refractivity contribution is 5.97. The largest absolute Gasteiger partial charge is 0.383 e. The zero-order valence-electron chi connectivity index (χ0n) is 8.19. The van der Waals surface area contributed by atoms with Gasteiger partial charge in [-0.25, -0.2) is 4.98 Å². The highest BCUT2D eigenvalue weighted by Gasteiger charge is 2.14. The molecule has 0 bridgehead atoms. The Labute approximate surface area is 81.9 Å². The normalized spacial score (nSPS) is 9.86. The highest BCUT2D eigenvalue weighted by Crippen LogP contribution is 2.10. The van der Waals surface area contributed by atoms with Crippen molar-refractivity contribution >= 4 is 17.7 Å². The van der Waals surface area contributed by atoms with Crippen LogP contribution >= 0.6 is 0 Å². The van der Waals surface area contributed by atoms with Crippen molar-refractivity contribution in [1.82, 2.24) is 14.9 Å². The fourth-order valence-electron chi connectivity index (χ4n) is 0.923. The van der Waals surface area contributed by atoms with Gasteiger partial charge in [-0.2, -0.15) is 4.98 Å². The zero-order chi connectivity index (χ0) is 10.7. The lowest BCUT2D eigenvalue weighted by Gasteiger charge is -2.14. The fourth-order valence-corrected chi connectivity index (χ4v) is 0.923. The van der Waals surface area contributed by atoms with Crippen LogP contribution in [0.25, 0.3) is 0 Å². The van der Waals surface area contributed by atoms with Crippen LogP contribution in [0.2, 0.25) is 0 Å². The summed E-state index contributed by atoms with van der Waals surface area (Å²) in [7, 11) is 1.68. The summed E-state index contributed by atoms with van der Waals surface area (Å²) in [6.45, 7) is 2.47. The third kappa shape index (κ3) is 1.90. The quantitative estimate of drug-likeness (QED) is 0.677. The van der Waals surface area contributed by atoms with E-state index in [-0.39, 0.29) is 23.2 Å². The van der Waals surface area contributed by atoms with Gasteiger partial charge < -0.3 is 16.4 Å².